The lowest BCUT2D eigenvalue weighted by molar-refractivity contribution is 0.0670. The van der Waals surface area contributed by atoms with E-state index in [4.69, 9.17) is 0 Å². The van der Waals surface area contributed by atoms with E-state index in [9.17, 15) is 9.59 Å². The molecule has 0 bridgehead atoms. The minimum atomic E-state index is -0.316. The van der Waals surface area contributed by atoms with Gasteiger partial charge in [0.05, 0.1) is 5.52 Å². The molecule has 1 atom stereocenters. The highest BCUT2D eigenvalue weighted by molar-refractivity contribution is 6.08. The SMILES string of the molecule is CCc1ccc(NC(=O)c2nc(C(=O)N3CCCC(C)C3)n3ccccc23)cc1. The average Bonchev–Trinajstić information content (AvgIpc) is 3.13. The summed E-state index contributed by atoms with van der Waals surface area (Å²) in [5, 5.41) is 2.90. The molecule has 150 valence electrons. The van der Waals surface area contributed by atoms with Crippen molar-refractivity contribution in [3.8, 4) is 0 Å². The molecule has 29 heavy (non-hydrogen) atoms. The Morgan fingerprint density at radius 3 is 2.69 bits per heavy atom. The van der Waals surface area contributed by atoms with Crippen molar-refractivity contribution in [1.82, 2.24) is 14.3 Å². The molecular formula is C23H26N4O2. The van der Waals surface area contributed by atoms with Gasteiger partial charge in [-0.05, 0) is 55.0 Å². The van der Waals surface area contributed by atoms with Crippen molar-refractivity contribution in [2.45, 2.75) is 33.1 Å². The third-order valence-electron chi connectivity index (χ3n) is 5.52. The Balaban J connectivity index is 1.64. The molecule has 1 aliphatic heterocycles. The summed E-state index contributed by atoms with van der Waals surface area (Å²) in [6, 6.07) is 13.3. The number of nitrogens with one attached hydrogen (secondary N) is 1. The molecule has 0 saturated carbocycles. The number of aromatic nitrogens is 2. The van der Waals surface area contributed by atoms with Gasteiger partial charge >= 0.3 is 0 Å². The van der Waals surface area contributed by atoms with Crippen molar-refractivity contribution < 1.29 is 9.59 Å². The van der Waals surface area contributed by atoms with E-state index in [1.165, 1.54) is 5.56 Å². The van der Waals surface area contributed by atoms with Gasteiger partial charge in [-0.15, -0.1) is 0 Å². The predicted octanol–water partition coefficient (Wildman–Crippen LogP) is 4.02. The molecule has 3 aromatic rings. The zero-order valence-electron chi connectivity index (χ0n) is 16.9. The maximum Gasteiger partial charge on any atom is 0.290 e. The maximum atomic E-state index is 13.1. The molecule has 6 heteroatoms. The number of pyridine rings is 1. The van der Waals surface area contributed by atoms with Crippen molar-refractivity contribution in [3.05, 3.63) is 65.7 Å². The van der Waals surface area contributed by atoms with Gasteiger partial charge in [0, 0.05) is 25.0 Å². The number of aryl methyl sites for hydroxylation is 1. The number of benzene rings is 1. The van der Waals surface area contributed by atoms with Gasteiger partial charge in [-0.2, -0.15) is 0 Å². The summed E-state index contributed by atoms with van der Waals surface area (Å²) in [4.78, 5) is 32.4. The topological polar surface area (TPSA) is 66.7 Å². The second kappa shape index (κ2) is 8.07. The molecule has 1 fully saturated rings. The smallest absolute Gasteiger partial charge is 0.290 e. The Bertz CT molecular complexity index is 1040. The number of amides is 2. The second-order valence-corrected chi connectivity index (χ2v) is 7.74. The van der Waals surface area contributed by atoms with Crippen LogP contribution in [0.2, 0.25) is 0 Å². The van der Waals surface area contributed by atoms with Gasteiger partial charge in [0.15, 0.2) is 5.69 Å². The summed E-state index contributed by atoms with van der Waals surface area (Å²) in [6.45, 7) is 5.71. The first-order chi connectivity index (χ1) is 14.1. The number of hydrogen-bond acceptors (Lipinski definition) is 3. The highest BCUT2D eigenvalue weighted by Gasteiger charge is 2.27. The quantitative estimate of drug-likeness (QED) is 0.732. The molecule has 0 radical (unpaired) electrons. The van der Waals surface area contributed by atoms with Crippen LogP contribution >= 0.6 is 0 Å². The lowest BCUT2D eigenvalue weighted by Crippen LogP contribution is -2.39. The fourth-order valence-electron chi connectivity index (χ4n) is 3.89. The molecule has 2 amide bonds. The van der Waals surface area contributed by atoms with Gasteiger partial charge in [0.25, 0.3) is 11.8 Å². The largest absolute Gasteiger partial charge is 0.336 e. The van der Waals surface area contributed by atoms with Gasteiger partial charge in [-0.25, -0.2) is 4.98 Å². The van der Waals surface area contributed by atoms with E-state index in [1.807, 2.05) is 47.4 Å². The van der Waals surface area contributed by atoms with Gasteiger partial charge in [0.2, 0.25) is 5.82 Å². The fourth-order valence-corrected chi connectivity index (χ4v) is 3.89. The number of imidazole rings is 1. The summed E-state index contributed by atoms with van der Waals surface area (Å²) >= 11 is 0. The molecular weight excluding hydrogens is 364 g/mol. The highest BCUT2D eigenvalue weighted by atomic mass is 16.2. The first kappa shape index (κ1) is 19.2. The Morgan fingerprint density at radius 2 is 1.97 bits per heavy atom. The van der Waals surface area contributed by atoms with Crippen LogP contribution in [-0.4, -0.2) is 39.2 Å². The summed E-state index contributed by atoms with van der Waals surface area (Å²) in [5.74, 6) is 0.335. The Hall–Kier alpha value is -3.15. The zero-order chi connectivity index (χ0) is 20.4. The lowest BCUT2D eigenvalue weighted by Gasteiger charge is -2.30. The van der Waals surface area contributed by atoms with E-state index < -0.39 is 0 Å². The van der Waals surface area contributed by atoms with Crippen LogP contribution in [-0.2, 0) is 6.42 Å². The molecule has 3 heterocycles. The summed E-state index contributed by atoms with van der Waals surface area (Å²) < 4.78 is 1.72. The molecule has 0 aliphatic carbocycles. The van der Waals surface area contributed by atoms with Crippen LogP contribution in [0.1, 0.15) is 53.4 Å². The third-order valence-corrected chi connectivity index (χ3v) is 5.52. The number of likely N-dealkylation sites (tertiary alicyclic amines) is 1. The normalized spacial score (nSPS) is 16.8. The number of rotatable bonds is 4. The zero-order valence-corrected chi connectivity index (χ0v) is 16.9. The number of fused-ring (bicyclic) bond motifs is 1. The van der Waals surface area contributed by atoms with E-state index in [0.29, 0.717) is 22.9 Å². The first-order valence-corrected chi connectivity index (χ1v) is 10.2. The number of piperidine rings is 1. The standard InChI is InChI=1S/C23H26N4O2/c1-3-17-9-11-18(12-10-17)24-22(28)20-19-8-4-5-14-27(19)21(25-20)23(29)26-13-6-7-16(2)15-26/h4-5,8-12,14,16H,3,6-7,13,15H2,1-2H3,(H,24,28). The van der Waals surface area contributed by atoms with Crippen LogP contribution in [0.25, 0.3) is 5.52 Å². The minimum Gasteiger partial charge on any atom is -0.336 e. The van der Waals surface area contributed by atoms with E-state index in [0.717, 1.165) is 32.4 Å². The highest BCUT2D eigenvalue weighted by Crippen LogP contribution is 2.21. The summed E-state index contributed by atoms with van der Waals surface area (Å²) in [5.41, 5.74) is 2.81. The number of anilines is 1. The van der Waals surface area contributed by atoms with Crippen molar-refractivity contribution in [1.29, 1.82) is 0 Å². The van der Waals surface area contributed by atoms with Crippen LogP contribution in [0, 0.1) is 5.92 Å². The van der Waals surface area contributed by atoms with Crippen LogP contribution in [0.3, 0.4) is 0 Å². The number of carbonyl (C=O) groups excluding carboxylic acids is 2. The molecule has 1 aliphatic rings. The third kappa shape index (κ3) is 3.88. The number of carbonyl (C=O) groups is 2. The van der Waals surface area contributed by atoms with Gasteiger partial charge in [0.1, 0.15) is 0 Å². The van der Waals surface area contributed by atoms with Crippen molar-refractivity contribution in [2.24, 2.45) is 5.92 Å². The van der Waals surface area contributed by atoms with Crippen LogP contribution in [0.5, 0.6) is 0 Å². The number of nitrogens with zero attached hydrogens (tertiary/aromatic N) is 3. The lowest BCUT2D eigenvalue weighted by atomic mass is 10.0. The van der Waals surface area contributed by atoms with E-state index >= 15 is 0 Å². The maximum absolute atomic E-state index is 13.1. The molecule has 6 nitrogen and oxygen atoms in total. The molecule has 1 saturated heterocycles. The monoisotopic (exact) mass is 390 g/mol. The van der Waals surface area contributed by atoms with Gasteiger partial charge in [-0.3, -0.25) is 14.0 Å². The van der Waals surface area contributed by atoms with Crippen molar-refractivity contribution in [3.63, 3.8) is 0 Å². The number of hydrogen-bond donors (Lipinski definition) is 1. The molecule has 0 spiro atoms. The van der Waals surface area contributed by atoms with E-state index in [1.54, 1.807) is 10.6 Å². The van der Waals surface area contributed by atoms with E-state index in [-0.39, 0.29) is 17.5 Å². The van der Waals surface area contributed by atoms with Crippen LogP contribution < -0.4 is 5.32 Å². The summed E-state index contributed by atoms with van der Waals surface area (Å²) in [6.07, 6.45) is 4.87. The molecule has 1 unspecified atom stereocenters. The molecule has 2 aromatic heterocycles. The molecule has 1 N–H and O–H groups in total. The van der Waals surface area contributed by atoms with Gasteiger partial charge in [-0.1, -0.05) is 32.0 Å². The van der Waals surface area contributed by atoms with Crippen molar-refractivity contribution in [2.75, 3.05) is 18.4 Å². The predicted molar refractivity (Wildman–Crippen MR) is 113 cm³/mol. The van der Waals surface area contributed by atoms with E-state index in [2.05, 4.69) is 24.1 Å². The molecule has 4 rings (SSSR count). The fraction of sp³-hybridized carbons (Fsp3) is 0.348. The van der Waals surface area contributed by atoms with Gasteiger partial charge < -0.3 is 10.2 Å². The van der Waals surface area contributed by atoms with Crippen LogP contribution in [0.4, 0.5) is 5.69 Å². The molecule has 1 aromatic carbocycles. The Kier molecular flexibility index (Phi) is 5.34. The van der Waals surface area contributed by atoms with Crippen molar-refractivity contribution >= 4 is 23.0 Å². The minimum absolute atomic E-state index is 0.121. The summed E-state index contributed by atoms with van der Waals surface area (Å²) in [7, 11) is 0. The Labute approximate surface area is 170 Å². The second-order valence-electron chi connectivity index (χ2n) is 7.74. The Morgan fingerprint density at radius 1 is 1.17 bits per heavy atom. The average molecular weight is 390 g/mol. The first-order valence-electron chi connectivity index (χ1n) is 10.2. The van der Waals surface area contributed by atoms with Crippen LogP contribution in [0.15, 0.2) is 48.7 Å².